The van der Waals surface area contributed by atoms with E-state index in [4.69, 9.17) is 4.74 Å². The lowest BCUT2D eigenvalue weighted by Gasteiger charge is -2.15. The molecular formula is C27H24N4O4S. The Morgan fingerprint density at radius 3 is 2.44 bits per heavy atom. The molecule has 1 aliphatic heterocycles. The maximum absolute atomic E-state index is 13.2. The molecule has 5 rings (SSSR count). The van der Waals surface area contributed by atoms with Gasteiger partial charge in [0.1, 0.15) is 0 Å². The van der Waals surface area contributed by atoms with Gasteiger partial charge < -0.3 is 10.1 Å². The number of rotatable bonds is 1. The number of hydrogen-bond donors (Lipinski definition) is 2. The van der Waals surface area contributed by atoms with Crippen molar-refractivity contribution < 1.29 is 17.9 Å². The third-order valence-corrected chi connectivity index (χ3v) is 7.22. The van der Waals surface area contributed by atoms with Gasteiger partial charge in [-0.25, -0.2) is 18.1 Å². The first kappa shape index (κ1) is 23.5. The number of carbonyl (C=O) groups excluding carboxylic acids is 1. The predicted octanol–water partition coefficient (Wildman–Crippen LogP) is 4.75. The van der Waals surface area contributed by atoms with Crippen molar-refractivity contribution in [3.8, 4) is 17.1 Å². The lowest BCUT2D eigenvalue weighted by atomic mass is 10.00. The van der Waals surface area contributed by atoms with E-state index < -0.39 is 10.0 Å². The Hall–Kier alpha value is -4.24. The van der Waals surface area contributed by atoms with E-state index in [1.807, 2.05) is 38.1 Å². The van der Waals surface area contributed by atoms with Gasteiger partial charge in [-0.1, -0.05) is 36.4 Å². The minimum atomic E-state index is -4.06. The fraction of sp³-hybridized carbons (Fsp3) is 0.148. The lowest BCUT2D eigenvalue weighted by molar-refractivity contribution is 0.102. The first-order chi connectivity index (χ1) is 17.3. The minimum absolute atomic E-state index is 0.0373. The molecule has 36 heavy (non-hydrogen) atoms. The fourth-order valence-corrected chi connectivity index (χ4v) is 5.15. The summed E-state index contributed by atoms with van der Waals surface area (Å²) < 4.78 is 34.9. The van der Waals surface area contributed by atoms with E-state index >= 15 is 0 Å². The van der Waals surface area contributed by atoms with Crippen molar-refractivity contribution in [2.45, 2.75) is 25.2 Å². The largest absolute Gasteiger partial charge is 0.477 e. The van der Waals surface area contributed by atoms with Gasteiger partial charge in [0.2, 0.25) is 11.8 Å². The SMILES string of the molecule is Cc1cccc(C)c1-c1cc2nc(n1)NS(=O)(=O)c1cccc(c1)NC(=O)c1cccc(c1)CCO2. The van der Waals surface area contributed by atoms with Crippen LogP contribution >= 0.6 is 0 Å². The van der Waals surface area contributed by atoms with E-state index in [2.05, 4.69) is 20.0 Å². The minimum Gasteiger partial charge on any atom is -0.477 e. The number of ether oxygens (including phenoxy) is 1. The van der Waals surface area contributed by atoms with Crippen LogP contribution in [0.2, 0.25) is 0 Å². The van der Waals surface area contributed by atoms with Crippen LogP contribution < -0.4 is 14.8 Å². The van der Waals surface area contributed by atoms with Crippen molar-refractivity contribution in [2.24, 2.45) is 0 Å². The first-order valence-electron chi connectivity index (χ1n) is 11.4. The van der Waals surface area contributed by atoms with E-state index in [1.54, 1.807) is 36.4 Å². The van der Waals surface area contributed by atoms with Crippen LogP contribution in [0.15, 0.2) is 77.7 Å². The Morgan fingerprint density at radius 1 is 0.889 bits per heavy atom. The number of nitrogens with zero attached hydrogens (tertiary/aromatic N) is 2. The van der Waals surface area contributed by atoms with Crippen LogP contribution in [0.5, 0.6) is 5.88 Å². The molecule has 9 heteroatoms. The average molecular weight is 501 g/mol. The number of nitrogens with one attached hydrogen (secondary N) is 2. The Kier molecular flexibility index (Phi) is 6.15. The molecule has 2 heterocycles. The summed E-state index contributed by atoms with van der Waals surface area (Å²) in [5.41, 5.74) is 5.18. The number of sulfonamides is 1. The van der Waals surface area contributed by atoms with Crippen LogP contribution in [0, 0.1) is 13.8 Å². The summed E-state index contributed by atoms with van der Waals surface area (Å²) in [4.78, 5) is 21.6. The molecular weight excluding hydrogens is 476 g/mol. The van der Waals surface area contributed by atoms with E-state index in [0.717, 1.165) is 22.3 Å². The van der Waals surface area contributed by atoms with E-state index in [-0.39, 0.29) is 29.2 Å². The van der Waals surface area contributed by atoms with Crippen LogP contribution in [0.1, 0.15) is 27.0 Å². The number of amides is 1. The number of aromatic nitrogens is 2. The third-order valence-electron chi connectivity index (χ3n) is 5.90. The zero-order valence-corrected chi connectivity index (χ0v) is 20.6. The topological polar surface area (TPSA) is 110 Å². The molecule has 0 atom stereocenters. The maximum Gasteiger partial charge on any atom is 0.264 e. The molecule has 182 valence electrons. The summed E-state index contributed by atoms with van der Waals surface area (Å²) in [7, 11) is -4.06. The van der Waals surface area contributed by atoms with Gasteiger partial charge >= 0.3 is 0 Å². The summed E-state index contributed by atoms with van der Waals surface area (Å²) in [5.74, 6) is -0.192. The van der Waals surface area contributed by atoms with Gasteiger partial charge in [0.25, 0.3) is 15.9 Å². The summed E-state index contributed by atoms with van der Waals surface area (Å²) in [6.07, 6.45) is 0.528. The van der Waals surface area contributed by atoms with Gasteiger partial charge in [-0.05, 0) is 60.9 Å². The molecule has 0 saturated heterocycles. The maximum atomic E-state index is 13.2. The molecule has 8 nitrogen and oxygen atoms in total. The molecule has 2 N–H and O–H groups in total. The monoisotopic (exact) mass is 500 g/mol. The van der Waals surface area contributed by atoms with E-state index in [0.29, 0.717) is 23.4 Å². The van der Waals surface area contributed by atoms with Gasteiger partial charge in [0, 0.05) is 29.3 Å². The normalized spacial score (nSPS) is 14.8. The Bertz CT molecular complexity index is 1560. The Labute approximate surface area is 209 Å². The molecule has 0 unspecified atom stereocenters. The van der Waals surface area contributed by atoms with Crippen molar-refractivity contribution >= 4 is 27.6 Å². The highest BCUT2D eigenvalue weighted by atomic mass is 32.2. The van der Waals surface area contributed by atoms with Crippen molar-refractivity contribution in [3.63, 3.8) is 0 Å². The lowest BCUT2D eigenvalue weighted by Crippen LogP contribution is -2.17. The zero-order chi connectivity index (χ0) is 25.3. The standard InChI is InChI=1S/C27H24N4O4S/c1-17-6-3-7-18(2)25(17)23-16-24-30-27(29-23)31-36(33,34)22-11-5-10-21(15-22)28-26(32)20-9-4-8-19(14-20)12-13-35-24/h3-11,14-16H,12-13H2,1-2H3,(H,28,32)(H,29,30,31). The number of benzene rings is 3. The molecule has 3 aromatic carbocycles. The number of fused-ring (bicyclic) bond motifs is 6. The van der Waals surface area contributed by atoms with Crippen LogP contribution in [-0.4, -0.2) is 30.9 Å². The second-order valence-electron chi connectivity index (χ2n) is 8.57. The summed E-state index contributed by atoms with van der Waals surface area (Å²) >= 11 is 0. The summed E-state index contributed by atoms with van der Waals surface area (Å²) in [5, 5.41) is 2.77. The first-order valence-corrected chi connectivity index (χ1v) is 12.9. The number of anilines is 2. The number of aryl methyl sites for hydroxylation is 2. The van der Waals surface area contributed by atoms with Crippen molar-refractivity contribution in [2.75, 3.05) is 16.6 Å². The highest BCUT2D eigenvalue weighted by molar-refractivity contribution is 7.92. The molecule has 0 saturated carbocycles. The van der Waals surface area contributed by atoms with Crippen LogP contribution in [0.4, 0.5) is 11.6 Å². The third kappa shape index (κ3) is 4.92. The average Bonchev–Trinajstić information content (AvgIpc) is 2.83. The summed E-state index contributed by atoms with van der Waals surface area (Å²) in [6.45, 7) is 4.22. The molecule has 0 spiro atoms. The molecule has 1 aromatic heterocycles. The number of carbonyl (C=O) groups is 1. The van der Waals surface area contributed by atoms with Crippen molar-refractivity contribution in [1.82, 2.24) is 9.97 Å². The van der Waals surface area contributed by atoms with Gasteiger partial charge in [-0.2, -0.15) is 4.98 Å². The molecule has 1 aliphatic rings. The van der Waals surface area contributed by atoms with Crippen LogP contribution in [-0.2, 0) is 16.4 Å². The van der Waals surface area contributed by atoms with Crippen LogP contribution in [0.25, 0.3) is 11.3 Å². The number of hydrogen-bond acceptors (Lipinski definition) is 6. The van der Waals surface area contributed by atoms with Gasteiger partial charge in [0.15, 0.2) is 0 Å². The van der Waals surface area contributed by atoms with Gasteiger partial charge in [0.05, 0.1) is 17.2 Å². The van der Waals surface area contributed by atoms with Crippen molar-refractivity contribution in [1.29, 1.82) is 0 Å². The van der Waals surface area contributed by atoms with Crippen molar-refractivity contribution in [3.05, 3.63) is 95.1 Å². The predicted molar refractivity (Wildman–Crippen MR) is 138 cm³/mol. The molecule has 0 radical (unpaired) electrons. The van der Waals surface area contributed by atoms with E-state index in [1.165, 1.54) is 12.1 Å². The Morgan fingerprint density at radius 2 is 1.64 bits per heavy atom. The van der Waals surface area contributed by atoms with Gasteiger partial charge in [-0.3, -0.25) is 4.79 Å². The highest BCUT2D eigenvalue weighted by Gasteiger charge is 2.20. The quantitative estimate of drug-likeness (QED) is 0.390. The zero-order valence-electron chi connectivity index (χ0n) is 19.8. The molecule has 1 amide bonds. The molecule has 6 bridgehead atoms. The molecule has 0 fully saturated rings. The second-order valence-corrected chi connectivity index (χ2v) is 10.3. The molecule has 4 aromatic rings. The van der Waals surface area contributed by atoms with Gasteiger partial charge in [-0.15, -0.1) is 0 Å². The Balaban J connectivity index is 1.63. The second kappa shape index (κ2) is 9.43. The summed E-state index contributed by atoms with van der Waals surface area (Å²) in [6, 6.07) is 20.9. The van der Waals surface area contributed by atoms with Crippen LogP contribution in [0.3, 0.4) is 0 Å². The highest BCUT2D eigenvalue weighted by Crippen LogP contribution is 2.29. The van der Waals surface area contributed by atoms with E-state index in [9.17, 15) is 13.2 Å². The molecule has 0 aliphatic carbocycles. The smallest absolute Gasteiger partial charge is 0.264 e. The fourth-order valence-electron chi connectivity index (χ4n) is 4.16.